The molecule has 4 rings (SSSR count). The Labute approximate surface area is 161 Å². The lowest BCUT2D eigenvalue weighted by Crippen LogP contribution is -2.40. The van der Waals surface area contributed by atoms with Crippen LogP contribution in [-0.2, 0) is 28.8 Å². The minimum atomic E-state index is -3.66. The third-order valence-electron chi connectivity index (χ3n) is 4.65. The summed E-state index contributed by atoms with van der Waals surface area (Å²) >= 11 is 1.13. The van der Waals surface area contributed by atoms with Crippen molar-refractivity contribution in [3.05, 3.63) is 24.3 Å². The van der Waals surface area contributed by atoms with Gasteiger partial charge in [0.15, 0.2) is 6.29 Å². The van der Waals surface area contributed by atoms with Crippen molar-refractivity contribution in [2.45, 2.75) is 54.9 Å². The molecule has 2 aliphatic heterocycles. The van der Waals surface area contributed by atoms with Gasteiger partial charge in [-0.05, 0) is 31.4 Å². The Morgan fingerprint density at radius 2 is 2.11 bits per heavy atom. The summed E-state index contributed by atoms with van der Waals surface area (Å²) in [6, 6.07) is 7.27. The summed E-state index contributed by atoms with van der Waals surface area (Å²) in [4.78, 5) is 16.2. The molecule has 3 heterocycles. The van der Waals surface area contributed by atoms with Gasteiger partial charge in [-0.2, -0.15) is 0 Å². The Kier molecular flexibility index (Phi) is 5.45. The second-order valence-electron chi connectivity index (χ2n) is 6.83. The van der Waals surface area contributed by atoms with E-state index in [9.17, 15) is 13.2 Å². The van der Waals surface area contributed by atoms with Gasteiger partial charge in [0.2, 0.25) is 14.2 Å². The van der Waals surface area contributed by atoms with E-state index in [0.717, 1.165) is 35.3 Å². The molecule has 2 aromatic rings. The van der Waals surface area contributed by atoms with Crippen LogP contribution >= 0.6 is 11.3 Å². The van der Waals surface area contributed by atoms with Crippen LogP contribution in [0.5, 0.6) is 0 Å². The maximum atomic E-state index is 12.8. The number of hydrogen-bond acceptors (Lipinski definition) is 8. The first kappa shape index (κ1) is 18.8. The van der Waals surface area contributed by atoms with E-state index in [-0.39, 0.29) is 28.9 Å². The molecule has 0 spiro atoms. The Morgan fingerprint density at radius 3 is 2.89 bits per heavy atom. The van der Waals surface area contributed by atoms with E-state index in [1.807, 2.05) is 18.2 Å². The Morgan fingerprint density at radius 1 is 1.26 bits per heavy atom. The molecule has 0 amide bonds. The van der Waals surface area contributed by atoms with E-state index in [2.05, 4.69) is 4.98 Å². The minimum Gasteiger partial charge on any atom is -0.461 e. The first-order valence-corrected chi connectivity index (χ1v) is 11.5. The number of carbonyl (C=O) groups excluding carboxylic acids is 1. The highest BCUT2D eigenvalue weighted by Gasteiger charge is 2.35. The molecular formula is C18H21NO6S2. The van der Waals surface area contributed by atoms with Crippen molar-refractivity contribution in [1.82, 2.24) is 4.98 Å². The lowest BCUT2D eigenvalue weighted by atomic mass is 10.1. The maximum Gasteiger partial charge on any atom is 0.308 e. The Balaban J connectivity index is 1.44. The third-order valence-corrected chi connectivity index (χ3v) is 7.92. The Bertz CT molecular complexity index is 886. The van der Waals surface area contributed by atoms with Gasteiger partial charge in [0.25, 0.3) is 0 Å². The molecule has 0 N–H and O–H groups in total. The van der Waals surface area contributed by atoms with E-state index in [1.165, 1.54) is 0 Å². The lowest BCUT2D eigenvalue weighted by Gasteiger charge is -2.32. The van der Waals surface area contributed by atoms with E-state index in [0.29, 0.717) is 18.5 Å². The SMILES string of the molecule is O=C1CC(OC2CCCCO2)CC(CS(=O)(=O)c2nc3ccccc3s2)O1. The van der Waals surface area contributed by atoms with Crippen LogP contribution in [0.25, 0.3) is 10.2 Å². The van der Waals surface area contributed by atoms with Gasteiger partial charge in [-0.25, -0.2) is 13.4 Å². The van der Waals surface area contributed by atoms with Crippen molar-refractivity contribution in [2.75, 3.05) is 12.4 Å². The fraction of sp³-hybridized carbons (Fsp3) is 0.556. The van der Waals surface area contributed by atoms with Crippen LogP contribution in [0.1, 0.15) is 32.1 Å². The summed E-state index contributed by atoms with van der Waals surface area (Å²) in [6.07, 6.45) is 1.85. The van der Waals surface area contributed by atoms with Gasteiger partial charge >= 0.3 is 5.97 Å². The molecular weight excluding hydrogens is 390 g/mol. The van der Waals surface area contributed by atoms with Gasteiger partial charge in [-0.1, -0.05) is 12.1 Å². The number of rotatable bonds is 5. The first-order valence-electron chi connectivity index (χ1n) is 9.04. The van der Waals surface area contributed by atoms with Crippen LogP contribution in [0.3, 0.4) is 0 Å². The predicted molar refractivity (Wildman–Crippen MR) is 99.3 cm³/mol. The van der Waals surface area contributed by atoms with Crippen molar-refractivity contribution >= 4 is 37.4 Å². The molecule has 9 heteroatoms. The predicted octanol–water partition coefficient (Wildman–Crippen LogP) is 2.69. The van der Waals surface area contributed by atoms with Gasteiger partial charge in [0, 0.05) is 13.0 Å². The Hall–Kier alpha value is -1.55. The third kappa shape index (κ3) is 4.48. The van der Waals surface area contributed by atoms with Crippen molar-refractivity contribution in [1.29, 1.82) is 0 Å². The summed E-state index contributed by atoms with van der Waals surface area (Å²) < 4.78 is 43.1. The largest absolute Gasteiger partial charge is 0.461 e. The average molecular weight is 412 g/mol. The molecule has 0 radical (unpaired) electrons. The van der Waals surface area contributed by atoms with Crippen LogP contribution < -0.4 is 0 Å². The van der Waals surface area contributed by atoms with Crippen LogP contribution in [0.4, 0.5) is 0 Å². The zero-order valence-corrected chi connectivity index (χ0v) is 16.3. The first-order chi connectivity index (χ1) is 13.0. The number of cyclic esters (lactones) is 1. The monoisotopic (exact) mass is 411 g/mol. The van der Waals surface area contributed by atoms with Gasteiger partial charge in [-0.15, -0.1) is 11.3 Å². The van der Waals surface area contributed by atoms with Crippen molar-refractivity contribution in [2.24, 2.45) is 0 Å². The number of fused-ring (bicyclic) bond motifs is 1. The van der Waals surface area contributed by atoms with Crippen molar-refractivity contribution in [3.63, 3.8) is 0 Å². The highest BCUT2D eigenvalue weighted by molar-refractivity contribution is 7.93. The minimum absolute atomic E-state index is 0.0541. The molecule has 0 bridgehead atoms. The molecule has 3 atom stereocenters. The number of nitrogens with zero attached hydrogens (tertiary/aromatic N) is 1. The molecule has 0 saturated carbocycles. The molecule has 1 aromatic carbocycles. The molecule has 2 fully saturated rings. The zero-order chi connectivity index (χ0) is 18.9. The summed E-state index contributed by atoms with van der Waals surface area (Å²) in [6.45, 7) is 0.650. The van der Waals surface area contributed by atoms with E-state index >= 15 is 0 Å². The van der Waals surface area contributed by atoms with Crippen LogP contribution in [-0.4, -0.2) is 50.2 Å². The van der Waals surface area contributed by atoms with Crippen LogP contribution in [0.15, 0.2) is 28.6 Å². The summed E-state index contributed by atoms with van der Waals surface area (Å²) in [5, 5.41) is 0. The molecule has 27 heavy (non-hydrogen) atoms. The second-order valence-corrected chi connectivity index (χ2v) is 10.1. The maximum absolute atomic E-state index is 12.8. The van der Waals surface area contributed by atoms with Gasteiger partial charge in [0.05, 0.1) is 28.5 Å². The van der Waals surface area contributed by atoms with E-state index in [4.69, 9.17) is 14.2 Å². The highest BCUT2D eigenvalue weighted by Crippen LogP contribution is 2.29. The molecule has 3 unspecified atom stereocenters. The quantitative estimate of drug-likeness (QED) is 0.699. The highest BCUT2D eigenvalue weighted by atomic mass is 32.2. The van der Waals surface area contributed by atoms with Crippen molar-refractivity contribution in [3.8, 4) is 0 Å². The fourth-order valence-electron chi connectivity index (χ4n) is 3.38. The number of para-hydroxylation sites is 1. The van der Waals surface area contributed by atoms with Crippen LogP contribution in [0.2, 0.25) is 0 Å². The molecule has 2 aliphatic rings. The second kappa shape index (κ2) is 7.83. The molecule has 1 aromatic heterocycles. The molecule has 7 nitrogen and oxygen atoms in total. The topological polar surface area (TPSA) is 91.8 Å². The van der Waals surface area contributed by atoms with Gasteiger partial charge in [-0.3, -0.25) is 4.79 Å². The fourth-order valence-corrected chi connectivity index (χ4v) is 6.14. The molecule has 2 saturated heterocycles. The van der Waals surface area contributed by atoms with E-state index < -0.39 is 21.9 Å². The summed E-state index contributed by atoms with van der Waals surface area (Å²) in [5.74, 6) is -0.726. The number of ether oxygens (including phenoxy) is 3. The summed E-state index contributed by atoms with van der Waals surface area (Å²) in [5.41, 5.74) is 0.650. The number of sulfone groups is 1. The smallest absolute Gasteiger partial charge is 0.308 e. The van der Waals surface area contributed by atoms with Crippen molar-refractivity contribution < 1.29 is 27.4 Å². The van der Waals surface area contributed by atoms with Gasteiger partial charge in [0.1, 0.15) is 6.10 Å². The summed E-state index contributed by atoms with van der Waals surface area (Å²) in [7, 11) is -3.66. The number of carbonyl (C=O) groups is 1. The number of thiazole rings is 1. The number of aromatic nitrogens is 1. The standard InChI is InChI=1S/C18H21NO6S2/c20-16-10-12(25-17-7-3-4-8-23-17)9-13(24-16)11-27(21,22)18-19-14-5-1-2-6-15(14)26-18/h1-2,5-6,12-13,17H,3-4,7-11H2. The molecule has 0 aliphatic carbocycles. The van der Waals surface area contributed by atoms with Gasteiger partial charge < -0.3 is 14.2 Å². The zero-order valence-electron chi connectivity index (χ0n) is 14.7. The van der Waals surface area contributed by atoms with E-state index in [1.54, 1.807) is 6.07 Å². The van der Waals surface area contributed by atoms with Crippen LogP contribution in [0, 0.1) is 0 Å². The molecule has 146 valence electrons. The number of benzene rings is 1. The number of esters is 1. The number of hydrogen-bond donors (Lipinski definition) is 0. The average Bonchev–Trinajstić information content (AvgIpc) is 3.07. The lowest BCUT2D eigenvalue weighted by molar-refractivity contribution is -0.207. The normalized spacial score (nSPS) is 26.8.